The third-order valence-corrected chi connectivity index (χ3v) is 7.60. The number of aliphatic hydroxyl groups is 1. The molecule has 3 fully saturated rings. The van der Waals surface area contributed by atoms with Gasteiger partial charge in [-0.05, 0) is 43.3 Å². The van der Waals surface area contributed by atoms with E-state index in [1.165, 1.54) is 0 Å². The molecule has 0 amide bonds. The highest BCUT2D eigenvalue weighted by Gasteiger charge is 2.48. The Kier molecular flexibility index (Phi) is 6.42. The van der Waals surface area contributed by atoms with E-state index in [0.29, 0.717) is 17.9 Å². The Bertz CT molecular complexity index is 1320. The van der Waals surface area contributed by atoms with E-state index in [9.17, 15) is 10.4 Å². The third kappa shape index (κ3) is 4.74. The van der Waals surface area contributed by atoms with Crippen molar-refractivity contribution in [2.45, 2.75) is 31.3 Å². The first-order valence-electron chi connectivity index (χ1n) is 12.9. The van der Waals surface area contributed by atoms with Crippen molar-refractivity contribution in [3.05, 3.63) is 60.0 Å². The van der Waals surface area contributed by atoms with E-state index in [2.05, 4.69) is 37.7 Å². The number of benzene rings is 1. The van der Waals surface area contributed by atoms with Gasteiger partial charge in [0.25, 0.3) is 0 Å². The summed E-state index contributed by atoms with van der Waals surface area (Å²) in [7, 11) is 0. The van der Waals surface area contributed by atoms with Crippen molar-refractivity contribution in [1.82, 2.24) is 14.9 Å². The number of anilines is 2. The quantitative estimate of drug-likeness (QED) is 0.565. The summed E-state index contributed by atoms with van der Waals surface area (Å²) in [5.74, 6) is 0. The van der Waals surface area contributed by atoms with Crippen LogP contribution >= 0.6 is 0 Å². The van der Waals surface area contributed by atoms with Gasteiger partial charge in [0, 0.05) is 75.0 Å². The molecule has 192 valence electrons. The second-order valence-corrected chi connectivity index (χ2v) is 10.4. The zero-order chi connectivity index (χ0) is 25.4. The van der Waals surface area contributed by atoms with Crippen LogP contribution in [0.25, 0.3) is 10.9 Å². The first-order valence-corrected chi connectivity index (χ1v) is 12.9. The molecule has 0 radical (unpaired) electrons. The number of pyridine rings is 2. The number of aliphatic hydroxyl groups excluding tert-OH is 1. The lowest BCUT2D eigenvalue weighted by Gasteiger charge is -2.55. The van der Waals surface area contributed by atoms with E-state index >= 15 is 0 Å². The Balaban J connectivity index is 1.11. The van der Waals surface area contributed by atoms with Crippen molar-refractivity contribution < 1.29 is 14.6 Å². The van der Waals surface area contributed by atoms with Crippen LogP contribution in [0.4, 0.5) is 11.4 Å². The van der Waals surface area contributed by atoms with Crippen molar-refractivity contribution in [2.75, 3.05) is 62.2 Å². The Hall–Kier alpha value is -3.29. The predicted octanol–water partition coefficient (Wildman–Crippen LogP) is 2.18. The van der Waals surface area contributed by atoms with Crippen LogP contribution in [-0.2, 0) is 16.1 Å². The molecule has 3 saturated heterocycles. The van der Waals surface area contributed by atoms with E-state index in [1.54, 1.807) is 12.4 Å². The van der Waals surface area contributed by atoms with Gasteiger partial charge < -0.3 is 24.4 Å². The average Bonchev–Trinajstić information content (AvgIpc) is 2.91. The zero-order valence-corrected chi connectivity index (χ0v) is 21.1. The normalized spacial score (nSPS) is 23.7. The van der Waals surface area contributed by atoms with Crippen LogP contribution < -0.4 is 9.80 Å². The van der Waals surface area contributed by atoms with Crippen molar-refractivity contribution in [1.29, 1.82) is 5.26 Å². The summed E-state index contributed by atoms with van der Waals surface area (Å²) in [5.41, 5.74) is 4.06. The SMILES string of the molecule is CC1CN(c2ccc(C#N)c3ncccc23)CC(CN2CC3(C2)CN(c2ccnc(CO)c2)CCO3)O1. The van der Waals surface area contributed by atoms with Gasteiger partial charge in [-0.1, -0.05) is 0 Å². The average molecular weight is 501 g/mol. The Morgan fingerprint density at radius 1 is 1.11 bits per heavy atom. The maximum Gasteiger partial charge on any atom is 0.111 e. The molecule has 6 rings (SSSR count). The summed E-state index contributed by atoms with van der Waals surface area (Å²) in [5, 5.41) is 20.0. The van der Waals surface area contributed by atoms with Crippen LogP contribution in [0.15, 0.2) is 48.8 Å². The van der Waals surface area contributed by atoms with Gasteiger partial charge in [-0.25, -0.2) is 0 Å². The Morgan fingerprint density at radius 2 is 2.00 bits per heavy atom. The second-order valence-electron chi connectivity index (χ2n) is 10.4. The number of rotatable bonds is 5. The van der Waals surface area contributed by atoms with Crippen molar-refractivity contribution >= 4 is 22.3 Å². The zero-order valence-electron chi connectivity index (χ0n) is 21.1. The minimum atomic E-state index is -0.171. The molecule has 3 aromatic rings. The minimum absolute atomic E-state index is 0.0529. The molecule has 3 aliphatic rings. The molecule has 2 unspecified atom stereocenters. The van der Waals surface area contributed by atoms with Crippen LogP contribution in [0.2, 0.25) is 0 Å². The topological polar surface area (TPSA) is 98.0 Å². The molecule has 2 atom stereocenters. The number of morpholine rings is 2. The maximum atomic E-state index is 9.51. The van der Waals surface area contributed by atoms with Crippen molar-refractivity contribution in [3.8, 4) is 6.07 Å². The maximum absolute atomic E-state index is 9.51. The first kappa shape index (κ1) is 24.1. The molecule has 9 nitrogen and oxygen atoms in total. The van der Waals surface area contributed by atoms with Crippen molar-refractivity contribution in [3.63, 3.8) is 0 Å². The molecule has 3 aliphatic heterocycles. The summed E-state index contributed by atoms with van der Waals surface area (Å²) >= 11 is 0. The predicted molar refractivity (Wildman–Crippen MR) is 141 cm³/mol. The van der Waals surface area contributed by atoms with Gasteiger partial charge in [-0.2, -0.15) is 5.26 Å². The Morgan fingerprint density at radius 3 is 2.84 bits per heavy atom. The van der Waals surface area contributed by atoms with Gasteiger partial charge in [-0.15, -0.1) is 0 Å². The molecular weight excluding hydrogens is 468 g/mol. The molecular formula is C28H32N6O3. The summed E-state index contributed by atoms with van der Waals surface area (Å²) in [4.78, 5) is 15.8. The highest BCUT2D eigenvalue weighted by atomic mass is 16.5. The van der Waals surface area contributed by atoms with Crippen LogP contribution in [0.5, 0.6) is 0 Å². The smallest absolute Gasteiger partial charge is 0.111 e. The molecule has 37 heavy (non-hydrogen) atoms. The lowest BCUT2D eigenvalue weighted by Crippen LogP contribution is -2.71. The number of nitrogens with zero attached hydrogens (tertiary/aromatic N) is 6. The summed E-state index contributed by atoms with van der Waals surface area (Å²) in [6, 6.07) is 14.1. The van der Waals surface area contributed by atoms with Gasteiger partial charge in [0.2, 0.25) is 0 Å². The van der Waals surface area contributed by atoms with Gasteiger partial charge in [0.15, 0.2) is 0 Å². The summed E-state index contributed by atoms with van der Waals surface area (Å²) in [6.07, 6.45) is 3.68. The van der Waals surface area contributed by atoms with Crippen LogP contribution in [0.1, 0.15) is 18.2 Å². The molecule has 1 N–H and O–H groups in total. The van der Waals surface area contributed by atoms with Crippen LogP contribution in [0.3, 0.4) is 0 Å². The fourth-order valence-corrected chi connectivity index (χ4v) is 6.06. The monoisotopic (exact) mass is 500 g/mol. The number of aromatic nitrogens is 2. The largest absolute Gasteiger partial charge is 0.390 e. The minimum Gasteiger partial charge on any atom is -0.390 e. The number of fused-ring (bicyclic) bond motifs is 1. The Labute approximate surface area is 216 Å². The van der Waals surface area contributed by atoms with Crippen LogP contribution in [0, 0.1) is 11.3 Å². The summed E-state index contributed by atoms with van der Waals surface area (Å²) in [6.45, 7) is 8.62. The van der Waals surface area contributed by atoms with E-state index in [1.807, 2.05) is 36.4 Å². The van der Waals surface area contributed by atoms with E-state index in [0.717, 1.165) is 68.1 Å². The second kappa shape index (κ2) is 9.88. The molecule has 2 aromatic heterocycles. The van der Waals surface area contributed by atoms with Gasteiger partial charge in [0.1, 0.15) is 11.7 Å². The van der Waals surface area contributed by atoms with E-state index in [-0.39, 0.29) is 24.4 Å². The number of hydrogen-bond acceptors (Lipinski definition) is 9. The van der Waals surface area contributed by atoms with E-state index < -0.39 is 0 Å². The number of nitriles is 1. The van der Waals surface area contributed by atoms with Gasteiger partial charge in [0.05, 0.1) is 42.2 Å². The van der Waals surface area contributed by atoms with Gasteiger partial charge in [-0.3, -0.25) is 14.9 Å². The third-order valence-electron chi connectivity index (χ3n) is 7.60. The molecule has 1 aromatic carbocycles. The standard InChI is InChI=1S/C28H32N6O3/c1-20-13-34(26-5-4-21(12-29)27-25(26)3-2-7-31-27)15-24(37-20)14-32-17-28(18-32)19-33(9-10-36-28)23-6-8-30-22(11-23)16-35/h2-8,11,20,24,35H,9-10,13-19H2,1H3. The fourth-order valence-electron chi connectivity index (χ4n) is 6.06. The lowest BCUT2D eigenvalue weighted by molar-refractivity contribution is -0.161. The highest BCUT2D eigenvalue weighted by Crippen LogP contribution is 2.34. The highest BCUT2D eigenvalue weighted by molar-refractivity contribution is 5.95. The number of hydrogen-bond donors (Lipinski definition) is 1. The van der Waals surface area contributed by atoms with Gasteiger partial charge >= 0.3 is 0 Å². The fraction of sp³-hybridized carbons (Fsp3) is 0.464. The summed E-state index contributed by atoms with van der Waals surface area (Å²) < 4.78 is 12.6. The van der Waals surface area contributed by atoms with Crippen molar-refractivity contribution in [2.24, 2.45) is 0 Å². The molecule has 1 spiro atoms. The molecule has 9 heteroatoms. The van der Waals surface area contributed by atoms with E-state index in [4.69, 9.17) is 9.47 Å². The molecule has 0 saturated carbocycles. The number of likely N-dealkylation sites (tertiary alicyclic amines) is 1. The molecule has 5 heterocycles. The number of ether oxygens (including phenoxy) is 2. The molecule has 0 aliphatic carbocycles. The lowest BCUT2D eigenvalue weighted by atomic mass is 9.91. The molecule has 0 bridgehead atoms. The first-order chi connectivity index (χ1) is 18.1. The van der Waals surface area contributed by atoms with Crippen LogP contribution in [-0.4, -0.2) is 90.2 Å².